The Balaban J connectivity index is 2.20. The molecule has 0 aliphatic carbocycles. The highest BCUT2D eigenvalue weighted by Crippen LogP contribution is 2.32. The first-order chi connectivity index (χ1) is 9.99. The summed E-state index contributed by atoms with van der Waals surface area (Å²) >= 11 is 3.10. The summed E-state index contributed by atoms with van der Waals surface area (Å²) in [6.07, 6.45) is 0. The number of hydrogen-bond acceptors (Lipinski definition) is 3. The van der Waals surface area contributed by atoms with Gasteiger partial charge in [0, 0.05) is 24.2 Å². The lowest BCUT2D eigenvalue weighted by Gasteiger charge is -2.13. The molecule has 3 nitrogen and oxygen atoms in total. The molecule has 21 heavy (non-hydrogen) atoms. The molecule has 0 spiro atoms. The zero-order valence-electron chi connectivity index (χ0n) is 11.7. The summed E-state index contributed by atoms with van der Waals surface area (Å²) in [5.41, 5.74) is 3.47. The minimum absolute atomic E-state index is 0.0584. The molecule has 1 aromatic carbocycles. The Morgan fingerprint density at radius 2 is 1.95 bits per heavy atom. The SMILES string of the molecule is CC(C)c1nc(-c2ccc(F)c(F)c2Br)nc2c1CNC2. The third kappa shape index (κ3) is 2.46. The quantitative estimate of drug-likeness (QED) is 0.831. The summed E-state index contributed by atoms with van der Waals surface area (Å²) < 4.78 is 27.0. The molecule has 1 aliphatic rings. The van der Waals surface area contributed by atoms with Crippen molar-refractivity contribution in [3.05, 3.63) is 45.2 Å². The van der Waals surface area contributed by atoms with Gasteiger partial charge in [0.15, 0.2) is 17.5 Å². The molecule has 1 N–H and O–H groups in total. The Hall–Kier alpha value is -1.40. The van der Waals surface area contributed by atoms with Crippen LogP contribution in [-0.2, 0) is 13.1 Å². The van der Waals surface area contributed by atoms with Crippen LogP contribution >= 0.6 is 15.9 Å². The van der Waals surface area contributed by atoms with E-state index in [2.05, 4.69) is 45.1 Å². The first kappa shape index (κ1) is 14.5. The number of hydrogen-bond donors (Lipinski definition) is 1. The van der Waals surface area contributed by atoms with Crippen molar-refractivity contribution in [1.29, 1.82) is 0 Å². The van der Waals surface area contributed by atoms with Crippen LogP contribution in [0, 0.1) is 11.6 Å². The highest BCUT2D eigenvalue weighted by Gasteiger charge is 2.22. The molecule has 0 radical (unpaired) electrons. The molecule has 1 aliphatic heterocycles. The first-order valence-corrected chi connectivity index (χ1v) is 7.52. The van der Waals surface area contributed by atoms with Crippen molar-refractivity contribution in [2.75, 3.05) is 0 Å². The number of halogens is 3. The zero-order chi connectivity index (χ0) is 15.1. The van der Waals surface area contributed by atoms with Gasteiger partial charge in [0.1, 0.15) is 0 Å². The normalized spacial score (nSPS) is 13.8. The van der Waals surface area contributed by atoms with Crippen molar-refractivity contribution in [1.82, 2.24) is 15.3 Å². The molecule has 2 heterocycles. The van der Waals surface area contributed by atoms with E-state index in [1.54, 1.807) is 0 Å². The number of nitrogens with zero attached hydrogens (tertiary/aromatic N) is 2. The number of benzene rings is 1. The van der Waals surface area contributed by atoms with Crippen molar-refractivity contribution in [2.24, 2.45) is 0 Å². The fourth-order valence-electron chi connectivity index (χ4n) is 2.49. The monoisotopic (exact) mass is 353 g/mol. The van der Waals surface area contributed by atoms with E-state index in [0.29, 0.717) is 17.9 Å². The second-order valence-electron chi connectivity index (χ2n) is 5.34. The molecule has 1 aromatic heterocycles. The predicted molar refractivity (Wildman–Crippen MR) is 79.7 cm³/mol. The van der Waals surface area contributed by atoms with Crippen molar-refractivity contribution >= 4 is 15.9 Å². The molecule has 0 unspecified atom stereocenters. The molecule has 0 fully saturated rings. The Morgan fingerprint density at radius 3 is 2.67 bits per heavy atom. The van der Waals surface area contributed by atoms with Crippen LogP contribution in [0.15, 0.2) is 16.6 Å². The molecular formula is C15H14BrF2N3. The van der Waals surface area contributed by atoms with Gasteiger partial charge in [0.05, 0.1) is 15.9 Å². The Bertz CT molecular complexity index is 717. The van der Waals surface area contributed by atoms with Gasteiger partial charge in [0.2, 0.25) is 0 Å². The van der Waals surface area contributed by atoms with Crippen LogP contribution in [-0.4, -0.2) is 9.97 Å². The standard InChI is InChI=1S/C15H14BrF2N3/c1-7(2)14-9-5-19-6-11(9)20-15(21-14)8-3-4-10(17)13(18)12(8)16/h3-4,7,19H,5-6H2,1-2H3. The fraction of sp³-hybridized carbons (Fsp3) is 0.333. The highest BCUT2D eigenvalue weighted by molar-refractivity contribution is 9.10. The molecule has 110 valence electrons. The lowest BCUT2D eigenvalue weighted by molar-refractivity contribution is 0.504. The third-order valence-electron chi connectivity index (χ3n) is 3.54. The van der Waals surface area contributed by atoms with Crippen molar-refractivity contribution in [3.8, 4) is 11.4 Å². The molecule has 6 heteroatoms. The summed E-state index contributed by atoms with van der Waals surface area (Å²) in [4.78, 5) is 9.08. The number of nitrogens with one attached hydrogen (secondary N) is 1. The average molecular weight is 354 g/mol. The molecule has 0 saturated heterocycles. The van der Waals surface area contributed by atoms with Gasteiger partial charge in [0.25, 0.3) is 0 Å². The average Bonchev–Trinajstić information content (AvgIpc) is 2.92. The van der Waals surface area contributed by atoms with E-state index in [1.165, 1.54) is 6.07 Å². The summed E-state index contributed by atoms with van der Waals surface area (Å²) in [7, 11) is 0. The molecule has 0 bridgehead atoms. The molecule has 0 atom stereocenters. The molecule has 0 saturated carbocycles. The summed E-state index contributed by atoms with van der Waals surface area (Å²) in [5.74, 6) is -1.14. The van der Waals surface area contributed by atoms with Crippen molar-refractivity contribution in [2.45, 2.75) is 32.9 Å². The smallest absolute Gasteiger partial charge is 0.173 e. The Morgan fingerprint density at radius 1 is 1.19 bits per heavy atom. The maximum Gasteiger partial charge on any atom is 0.173 e. The van der Waals surface area contributed by atoms with Gasteiger partial charge in [-0.25, -0.2) is 18.7 Å². The second kappa shape index (κ2) is 5.42. The van der Waals surface area contributed by atoms with Gasteiger partial charge in [-0.2, -0.15) is 0 Å². The van der Waals surface area contributed by atoms with Gasteiger partial charge in [-0.3, -0.25) is 0 Å². The van der Waals surface area contributed by atoms with Crippen molar-refractivity contribution in [3.63, 3.8) is 0 Å². The van der Waals surface area contributed by atoms with E-state index in [-0.39, 0.29) is 10.4 Å². The van der Waals surface area contributed by atoms with E-state index in [4.69, 9.17) is 0 Å². The number of fused-ring (bicyclic) bond motifs is 1. The van der Waals surface area contributed by atoms with Gasteiger partial charge in [-0.05, 0) is 34.0 Å². The van der Waals surface area contributed by atoms with Gasteiger partial charge in [-0.1, -0.05) is 13.8 Å². The lowest BCUT2D eigenvalue weighted by atomic mass is 10.0. The summed E-state index contributed by atoms with van der Waals surface area (Å²) in [6, 6.07) is 2.59. The number of aromatic nitrogens is 2. The van der Waals surface area contributed by atoms with Crippen LogP contribution in [0.1, 0.15) is 36.7 Å². The maximum absolute atomic E-state index is 13.7. The third-order valence-corrected chi connectivity index (χ3v) is 4.32. The first-order valence-electron chi connectivity index (χ1n) is 6.73. The second-order valence-corrected chi connectivity index (χ2v) is 6.13. The van der Waals surface area contributed by atoms with Crippen LogP contribution in [0.25, 0.3) is 11.4 Å². The van der Waals surface area contributed by atoms with E-state index < -0.39 is 11.6 Å². The lowest BCUT2D eigenvalue weighted by Crippen LogP contribution is -2.06. The molecule has 0 amide bonds. The summed E-state index contributed by atoms with van der Waals surface area (Å²) in [6.45, 7) is 5.55. The van der Waals surface area contributed by atoms with E-state index in [0.717, 1.165) is 29.6 Å². The summed E-state index contributed by atoms with van der Waals surface area (Å²) in [5, 5.41) is 3.25. The van der Waals surface area contributed by atoms with E-state index in [1.807, 2.05) is 0 Å². The minimum Gasteiger partial charge on any atom is -0.307 e. The largest absolute Gasteiger partial charge is 0.307 e. The van der Waals surface area contributed by atoms with Crippen LogP contribution < -0.4 is 5.32 Å². The molecule has 2 aromatic rings. The fourth-order valence-corrected chi connectivity index (χ4v) is 2.99. The Labute approximate surface area is 129 Å². The molecular weight excluding hydrogens is 340 g/mol. The van der Waals surface area contributed by atoms with Crippen LogP contribution in [0.2, 0.25) is 0 Å². The molecule has 3 rings (SSSR count). The van der Waals surface area contributed by atoms with Crippen LogP contribution in [0.5, 0.6) is 0 Å². The van der Waals surface area contributed by atoms with Gasteiger partial charge < -0.3 is 5.32 Å². The van der Waals surface area contributed by atoms with Crippen LogP contribution in [0.3, 0.4) is 0 Å². The number of rotatable bonds is 2. The van der Waals surface area contributed by atoms with Crippen LogP contribution in [0.4, 0.5) is 8.78 Å². The maximum atomic E-state index is 13.7. The van der Waals surface area contributed by atoms with E-state index in [9.17, 15) is 8.78 Å². The van der Waals surface area contributed by atoms with Gasteiger partial charge >= 0.3 is 0 Å². The van der Waals surface area contributed by atoms with Gasteiger partial charge in [-0.15, -0.1) is 0 Å². The van der Waals surface area contributed by atoms with Crippen molar-refractivity contribution < 1.29 is 8.78 Å². The zero-order valence-corrected chi connectivity index (χ0v) is 13.3. The topological polar surface area (TPSA) is 37.8 Å². The van der Waals surface area contributed by atoms with E-state index >= 15 is 0 Å². The minimum atomic E-state index is -0.916. The Kier molecular flexibility index (Phi) is 3.75. The highest BCUT2D eigenvalue weighted by atomic mass is 79.9. The predicted octanol–water partition coefficient (Wildman–Crippen LogP) is 3.91.